The zero-order chi connectivity index (χ0) is 30.7. The number of carbonyl (C=O) groups is 3. The standard InChI is InChI=1S/C29H55N3O8S/c1-21-25(36)26(37)22(20-33)39-27(21)41-19-13-7-12-17-31-24(35)14-8-5-10-16-30-23(34)15-9-6-11-18-32-28(38)40-29(2,3)4/h21-22,25-27,33,36-37H,5-20H2,1-4H3,(H,30,34)(H,31,35)(H,32,38)/t21?,22?,25-,26+,27+/m1/s1. The van der Waals surface area contributed by atoms with Crippen molar-refractivity contribution in [2.45, 2.75) is 128 Å². The third-order valence-corrected chi connectivity index (χ3v) is 8.16. The number of nitrogens with one attached hydrogen (secondary N) is 3. The minimum atomic E-state index is -1.06. The van der Waals surface area contributed by atoms with Crippen molar-refractivity contribution in [3.05, 3.63) is 0 Å². The lowest BCUT2D eigenvalue weighted by atomic mass is 9.94. The Balaban J connectivity index is 1.91. The fourth-order valence-corrected chi connectivity index (χ4v) is 5.61. The maximum Gasteiger partial charge on any atom is 0.407 e. The molecule has 11 nitrogen and oxygen atoms in total. The summed E-state index contributed by atoms with van der Waals surface area (Å²) in [5.74, 6) is 0.712. The van der Waals surface area contributed by atoms with Gasteiger partial charge in [0.05, 0.1) is 12.7 Å². The van der Waals surface area contributed by atoms with Crippen molar-refractivity contribution in [2.75, 3.05) is 32.0 Å². The highest BCUT2D eigenvalue weighted by molar-refractivity contribution is 7.99. The monoisotopic (exact) mass is 605 g/mol. The molecule has 2 unspecified atom stereocenters. The van der Waals surface area contributed by atoms with Crippen LogP contribution in [0.3, 0.4) is 0 Å². The number of amides is 3. The summed E-state index contributed by atoms with van der Waals surface area (Å²) in [6, 6.07) is 0. The molecule has 0 aromatic carbocycles. The van der Waals surface area contributed by atoms with Crippen molar-refractivity contribution in [1.29, 1.82) is 0 Å². The lowest BCUT2D eigenvalue weighted by Gasteiger charge is -2.40. The molecule has 0 radical (unpaired) electrons. The molecule has 6 N–H and O–H groups in total. The highest BCUT2D eigenvalue weighted by Gasteiger charge is 2.41. The largest absolute Gasteiger partial charge is 0.444 e. The number of alkyl carbamates (subject to hydrolysis) is 1. The van der Waals surface area contributed by atoms with Gasteiger partial charge in [-0.05, 0) is 65.0 Å². The fourth-order valence-electron chi connectivity index (χ4n) is 4.33. The van der Waals surface area contributed by atoms with Crippen molar-refractivity contribution in [3.63, 3.8) is 0 Å². The molecule has 3 amide bonds. The third kappa shape index (κ3) is 17.8. The van der Waals surface area contributed by atoms with Gasteiger partial charge >= 0.3 is 6.09 Å². The molecule has 0 aromatic rings. The normalized spacial score (nSPS) is 22.7. The number of hydrogen-bond donors (Lipinski definition) is 6. The molecule has 0 bridgehead atoms. The lowest BCUT2D eigenvalue weighted by molar-refractivity contribution is -0.181. The first-order valence-corrected chi connectivity index (χ1v) is 16.2. The second kappa shape index (κ2) is 21.1. The molecule has 1 saturated heterocycles. The zero-order valence-electron chi connectivity index (χ0n) is 25.5. The SMILES string of the molecule is CC1[C@@H](O)[C@@H](O)C(CO)O[C@H]1SCCCCCNC(=O)CCCCCNC(=O)CCCCCNC(=O)OC(C)(C)C. The summed E-state index contributed by atoms with van der Waals surface area (Å²) in [6.45, 7) is 8.77. The molecular weight excluding hydrogens is 550 g/mol. The van der Waals surface area contributed by atoms with E-state index in [1.807, 2.05) is 27.7 Å². The van der Waals surface area contributed by atoms with E-state index in [1.165, 1.54) is 0 Å². The first-order chi connectivity index (χ1) is 19.4. The second-order valence-electron chi connectivity index (χ2n) is 11.7. The highest BCUT2D eigenvalue weighted by Crippen LogP contribution is 2.33. The van der Waals surface area contributed by atoms with Crippen LogP contribution in [0.4, 0.5) is 4.79 Å². The molecule has 1 aliphatic rings. The molecule has 1 heterocycles. The summed E-state index contributed by atoms with van der Waals surface area (Å²) in [7, 11) is 0. The fraction of sp³-hybridized carbons (Fsp3) is 0.897. The molecule has 1 fully saturated rings. The number of ether oxygens (including phenoxy) is 2. The second-order valence-corrected chi connectivity index (χ2v) is 13.0. The van der Waals surface area contributed by atoms with Gasteiger partial charge in [0.15, 0.2) is 0 Å². The zero-order valence-corrected chi connectivity index (χ0v) is 26.3. The molecule has 0 aliphatic carbocycles. The van der Waals surface area contributed by atoms with Crippen LogP contribution in [0.5, 0.6) is 0 Å². The average molecular weight is 606 g/mol. The summed E-state index contributed by atoms with van der Waals surface area (Å²) in [4.78, 5) is 35.5. The van der Waals surface area contributed by atoms with Gasteiger partial charge in [0.2, 0.25) is 11.8 Å². The first-order valence-electron chi connectivity index (χ1n) is 15.2. The smallest absolute Gasteiger partial charge is 0.407 e. The Hall–Kier alpha value is -1.60. The topological polar surface area (TPSA) is 166 Å². The Morgan fingerprint density at radius 3 is 1.80 bits per heavy atom. The summed E-state index contributed by atoms with van der Waals surface area (Å²) in [6.07, 6.45) is 5.56. The summed E-state index contributed by atoms with van der Waals surface area (Å²) in [5, 5.41) is 38.0. The van der Waals surface area contributed by atoms with Crippen molar-refractivity contribution >= 4 is 29.7 Å². The Bertz CT molecular complexity index is 750. The van der Waals surface area contributed by atoms with Crippen LogP contribution in [0.25, 0.3) is 0 Å². The number of rotatable bonds is 20. The van der Waals surface area contributed by atoms with E-state index in [2.05, 4.69) is 16.0 Å². The molecule has 0 saturated carbocycles. The van der Waals surface area contributed by atoms with Gasteiger partial charge in [-0.15, -0.1) is 11.8 Å². The van der Waals surface area contributed by atoms with Crippen molar-refractivity contribution in [3.8, 4) is 0 Å². The van der Waals surface area contributed by atoms with E-state index in [-0.39, 0.29) is 29.8 Å². The molecule has 1 rings (SSSR count). The van der Waals surface area contributed by atoms with E-state index in [9.17, 15) is 29.7 Å². The summed E-state index contributed by atoms with van der Waals surface area (Å²) >= 11 is 1.59. The van der Waals surface area contributed by atoms with Gasteiger partial charge in [-0.1, -0.05) is 26.2 Å². The predicted octanol–water partition coefficient (Wildman–Crippen LogP) is 2.84. The van der Waals surface area contributed by atoms with Crippen LogP contribution in [0.15, 0.2) is 0 Å². The average Bonchev–Trinajstić information content (AvgIpc) is 2.90. The van der Waals surface area contributed by atoms with Gasteiger partial charge in [-0.25, -0.2) is 4.79 Å². The minimum absolute atomic E-state index is 0.0350. The highest BCUT2D eigenvalue weighted by atomic mass is 32.2. The van der Waals surface area contributed by atoms with Gasteiger partial charge in [-0.2, -0.15) is 0 Å². The number of aliphatic hydroxyl groups excluding tert-OH is 3. The van der Waals surface area contributed by atoms with Crippen molar-refractivity contribution in [2.24, 2.45) is 5.92 Å². The van der Waals surface area contributed by atoms with Gasteiger partial charge in [0, 0.05) is 38.4 Å². The molecule has 12 heteroatoms. The molecule has 240 valence electrons. The molecule has 0 aromatic heterocycles. The third-order valence-electron chi connectivity index (χ3n) is 6.76. The number of carbonyl (C=O) groups excluding carboxylic acids is 3. The first kappa shape index (κ1) is 37.4. The molecule has 41 heavy (non-hydrogen) atoms. The predicted molar refractivity (Wildman–Crippen MR) is 160 cm³/mol. The van der Waals surface area contributed by atoms with E-state index < -0.39 is 30.0 Å². The molecular formula is C29H55N3O8S. The Labute approximate surface area is 250 Å². The number of hydrogen-bond acceptors (Lipinski definition) is 9. The van der Waals surface area contributed by atoms with Crippen LogP contribution in [0, 0.1) is 5.92 Å². The maximum atomic E-state index is 12.0. The van der Waals surface area contributed by atoms with Crippen LogP contribution in [-0.4, -0.2) is 94.6 Å². The molecule has 1 aliphatic heterocycles. The maximum absolute atomic E-state index is 12.0. The Morgan fingerprint density at radius 1 is 0.780 bits per heavy atom. The van der Waals surface area contributed by atoms with Gasteiger partial charge < -0.3 is 40.7 Å². The van der Waals surface area contributed by atoms with E-state index >= 15 is 0 Å². The van der Waals surface area contributed by atoms with Crippen LogP contribution in [0.1, 0.15) is 98.3 Å². The molecule has 5 atom stereocenters. The van der Waals surface area contributed by atoms with E-state index in [0.717, 1.165) is 63.5 Å². The quantitative estimate of drug-likeness (QED) is 0.114. The van der Waals surface area contributed by atoms with Crippen molar-refractivity contribution < 1.29 is 39.2 Å². The summed E-state index contributed by atoms with van der Waals surface area (Å²) < 4.78 is 10.9. The van der Waals surface area contributed by atoms with E-state index in [4.69, 9.17) is 9.47 Å². The lowest BCUT2D eigenvalue weighted by Crippen LogP contribution is -2.53. The minimum Gasteiger partial charge on any atom is -0.444 e. The Kier molecular flexibility index (Phi) is 19.3. The molecule has 0 spiro atoms. The Morgan fingerprint density at radius 2 is 1.29 bits per heavy atom. The van der Waals surface area contributed by atoms with Gasteiger partial charge in [0.25, 0.3) is 0 Å². The van der Waals surface area contributed by atoms with Crippen LogP contribution in [0.2, 0.25) is 0 Å². The van der Waals surface area contributed by atoms with Gasteiger partial charge in [-0.3, -0.25) is 9.59 Å². The van der Waals surface area contributed by atoms with Crippen molar-refractivity contribution in [1.82, 2.24) is 16.0 Å². The van der Waals surface area contributed by atoms with Crippen LogP contribution < -0.4 is 16.0 Å². The van der Waals surface area contributed by atoms with E-state index in [1.54, 1.807) is 11.8 Å². The number of aliphatic hydroxyl groups is 3. The van der Waals surface area contributed by atoms with Crippen LogP contribution in [-0.2, 0) is 19.1 Å². The van der Waals surface area contributed by atoms with Gasteiger partial charge in [0.1, 0.15) is 23.2 Å². The van der Waals surface area contributed by atoms with E-state index in [0.29, 0.717) is 32.5 Å². The summed E-state index contributed by atoms with van der Waals surface area (Å²) in [5.41, 5.74) is -0.765. The number of thioether (sulfide) groups is 1. The number of unbranched alkanes of at least 4 members (excludes halogenated alkanes) is 6. The van der Waals surface area contributed by atoms with Crippen LogP contribution >= 0.6 is 11.8 Å².